The van der Waals surface area contributed by atoms with Crippen molar-refractivity contribution in [3.63, 3.8) is 0 Å². The Bertz CT molecular complexity index is 2070. The summed E-state index contributed by atoms with van der Waals surface area (Å²) < 4.78 is 0. The van der Waals surface area contributed by atoms with Crippen molar-refractivity contribution in [3.8, 4) is 11.1 Å². The van der Waals surface area contributed by atoms with Crippen LogP contribution in [0.2, 0.25) is 0 Å². The maximum atomic E-state index is 6.30. The Morgan fingerprint density at radius 2 is 1.25 bits per heavy atom. The molecule has 0 radical (unpaired) electrons. The normalized spacial score (nSPS) is 14.0. The summed E-state index contributed by atoms with van der Waals surface area (Å²) in [7, 11) is 0. The van der Waals surface area contributed by atoms with Crippen LogP contribution in [-0.2, 0) is 6.42 Å². The predicted octanol–water partition coefficient (Wildman–Crippen LogP) is 11.4. The second-order valence-electron chi connectivity index (χ2n) is 11.6. The van der Waals surface area contributed by atoms with Gasteiger partial charge in [-0.15, -0.1) is 0 Å². The number of allylic oxidation sites excluding steroid dienone is 7. The molecule has 0 heterocycles. The summed E-state index contributed by atoms with van der Waals surface area (Å²) in [6.45, 7) is 2.24. The third-order valence-corrected chi connectivity index (χ3v) is 8.97. The van der Waals surface area contributed by atoms with E-state index in [0.717, 1.165) is 36.9 Å². The third kappa shape index (κ3) is 5.16. The number of hydrogen-bond donors (Lipinski definition) is 1. The molecule has 0 bridgehead atoms. The van der Waals surface area contributed by atoms with Crippen molar-refractivity contribution in [2.45, 2.75) is 32.6 Å². The molecule has 214 valence electrons. The monoisotopic (exact) mass is 567 g/mol. The van der Waals surface area contributed by atoms with Crippen LogP contribution >= 0.6 is 0 Å². The highest BCUT2D eigenvalue weighted by Crippen LogP contribution is 2.45. The standard InChI is InChI=1S/C43H37N/c1-2-31-27-28-40(35-21-8-7-20-34(31)35)43-38-24-11-9-22-36(38)42(37-23-10-12-25-39(37)43)33-19-14-16-30(29-33)15-6-13-26-41(44)32-17-4-3-5-18-32/h3-13,16-18,20-29H,2,14-15,19,44H2,1H3/b13-6-,41-26-. The van der Waals surface area contributed by atoms with Crippen LogP contribution in [0.1, 0.15) is 42.9 Å². The molecule has 0 saturated heterocycles. The predicted molar refractivity (Wildman–Crippen MR) is 191 cm³/mol. The topological polar surface area (TPSA) is 26.0 Å². The van der Waals surface area contributed by atoms with Crippen LogP contribution in [0.25, 0.3) is 54.7 Å². The van der Waals surface area contributed by atoms with E-state index < -0.39 is 0 Å². The van der Waals surface area contributed by atoms with Crippen LogP contribution in [0.15, 0.2) is 151 Å². The number of aryl methyl sites for hydroxylation is 1. The van der Waals surface area contributed by atoms with E-state index >= 15 is 0 Å². The van der Waals surface area contributed by atoms with E-state index in [0.29, 0.717) is 0 Å². The zero-order chi connectivity index (χ0) is 29.9. The van der Waals surface area contributed by atoms with Gasteiger partial charge in [0.1, 0.15) is 0 Å². The highest BCUT2D eigenvalue weighted by atomic mass is 14.6. The van der Waals surface area contributed by atoms with E-state index in [1.165, 1.54) is 65.7 Å². The molecule has 0 saturated carbocycles. The van der Waals surface area contributed by atoms with Crippen LogP contribution < -0.4 is 5.73 Å². The Morgan fingerprint density at radius 1 is 0.659 bits per heavy atom. The summed E-state index contributed by atoms with van der Waals surface area (Å²) in [4.78, 5) is 0. The summed E-state index contributed by atoms with van der Waals surface area (Å²) in [5.41, 5.74) is 16.3. The maximum Gasteiger partial charge on any atom is 0.0387 e. The van der Waals surface area contributed by atoms with Crippen molar-refractivity contribution in [2.75, 3.05) is 0 Å². The quantitative estimate of drug-likeness (QED) is 0.151. The first kappa shape index (κ1) is 27.7. The zero-order valence-electron chi connectivity index (χ0n) is 25.3. The van der Waals surface area contributed by atoms with Crippen molar-refractivity contribution in [1.29, 1.82) is 0 Å². The number of fused-ring (bicyclic) bond motifs is 3. The van der Waals surface area contributed by atoms with Gasteiger partial charge in [-0.2, -0.15) is 0 Å². The lowest BCUT2D eigenvalue weighted by molar-refractivity contribution is 1.02. The SMILES string of the molecule is CCc1ccc(-c2c3ccccc3c(C3=CC(C/C=C\C=C(/N)c4ccccc4)=CCC3)c3ccccc23)c2ccccc12. The van der Waals surface area contributed by atoms with Gasteiger partial charge in [-0.1, -0.05) is 146 Å². The highest BCUT2D eigenvalue weighted by molar-refractivity contribution is 6.21. The average molecular weight is 568 g/mol. The van der Waals surface area contributed by atoms with Crippen molar-refractivity contribution in [1.82, 2.24) is 0 Å². The van der Waals surface area contributed by atoms with Crippen molar-refractivity contribution < 1.29 is 0 Å². The zero-order valence-corrected chi connectivity index (χ0v) is 25.3. The Morgan fingerprint density at radius 3 is 1.91 bits per heavy atom. The van der Waals surface area contributed by atoms with Crippen molar-refractivity contribution in [2.24, 2.45) is 5.73 Å². The summed E-state index contributed by atoms with van der Waals surface area (Å²) in [5.74, 6) is 0. The maximum absolute atomic E-state index is 6.30. The fourth-order valence-electron chi connectivity index (χ4n) is 6.86. The van der Waals surface area contributed by atoms with Crippen molar-refractivity contribution in [3.05, 3.63) is 168 Å². The summed E-state index contributed by atoms with van der Waals surface area (Å²) in [6, 6.07) is 41.7. The van der Waals surface area contributed by atoms with Gasteiger partial charge < -0.3 is 5.73 Å². The van der Waals surface area contributed by atoms with Gasteiger partial charge >= 0.3 is 0 Å². The fourth-order valence-corrected chi connectivity index (χ4v) is 6.86. The molecular weight excluding hydrogens is 530 g/mol. The Labute approximate surface area is 260 Å². The van der Waals surface area contributed by atoms with Crippen molar-refractivity contribution >= 4 is 43.6 Å². The van der Waals surface area contributed by atoms with Gasteiger partial charge in [-0.3, -0.25) is 0 Å². The minimum Gasteiger partial charge on any atom is -0.398 e. The molecule has 0 spiro atoms. The van der Waals surface area contributed by atoms with E-state index in [-0.39, 0.29) is 0 Å². The third-order valence-electron chi connectivity index (χ3n) is 8.97. The molecule has 1 aliphatic rings. The van der Waals surface area contributed by atoms with Gasteiger partial charge in [0.2, 0.25) is 0 Å². The molecule has 0 amide bonds. The molecule has 1 heteroatoms. The van der Waals surface area contributed by atoms with Gasteiger partial charge in [-0.05, 0) is 103 Å². The van der Waals surface area contributed by atoms with Crippen LogP contribution in [0.3, 0.4) is 0 Å². The number of benzene rings is 6. The molecule has 0 aromatic heterocycles. The van der Waals surface area contributed by atoms with Crippen LogP contribution in [0.4, 0.5) is 0 Å². The van der Waals surface area contributed by atoms with E-state index in [2.05, 4.69) is 116 Å². The van der Waals surface area contributed by atoms with Gasteiger partial charge in [0, 0.05) is 5.70 Å². The Hall–Kier alpha value is -5.14. The number of rotatable bonds is 7. The lowest BCUT2D eigenvalue weighted by Gasteiger charge is -2.22. The second kappa shape index (κ2) is 12.2. The van der Waals surface area contributed by atoms with Crippen LogP contribution in [0.5, 0.6) is 0 Å². The first-order valence-electron chi connectivity index (χ1n) is 15.7. The minimum atomic E-state index is 0.783. The molecule has 1 nitrogen and oxygen atoms in total. The average Bonchev–Trinajstić information content (AvgIpc) is 3.09. The Kier molecular flexibility index (Phi) is 7.69. The van der Waals surface area contributed by atoms with E-state index in [4.69, 9.17) is 5.73 Å². The molecule has 6 aromatic carbocycles. The fraction of sp³-hybridized carbons (Fsp3) is 0.116. The minimum absolute atomic E-state index is 0.783. The summed E-state index contributed by atoms with van der Waals surface area (Å²) in [6.07, 6.45) is 15.1. The highest BCUT2D eigenvalue weighted by Gasteiger charge is 2.20. The molecule has 1 aliphatic carbocycles. The molecule has 0 fully saturated rings. The van der Waals surface area contributed by atoms with Crippen LogP contribution in [0, 0.1) is 0 Å². The summed E-state index contributed by atoms with van der Waals surface area (Å²) >= 11 is 0. The lowest BCUT2D eigenvalue weighted by Crippen LogP contribution is -1.98. The number of hydrogen-bond acceptors (Lipinski definition) is 1. The lowest BCUT2D eigenvalue weighted by atomic mass is 9.82. The van der Waals surface area contributed by atoms with E-state index in [9.17, 15) is 0 Å². The Balaban J connectivity index is 1.33. The molecule has 44 heavy (non-hydrogen) atoms. The smallest absolute Gasteiger partial charge is 0.0387 e. The molecule has 0 unspecified atom stereocenters. The first-order chi connectivity index (χ1) is 21.7. The van der Waals surface area contributed by atoms with E-state index in [1.54, 1.807) is 0 Å². The van der Waals surface area contributed by atoms with Gasteiger partial charge in [0.05, 0.1) is 0 Å². The summed E-state index contributed by atoms with van der Waals surface area (Å²) in [5, 5.41) is 7.95. The number of nitrogens with two attached hydrogens (primary N) is 1. The molecule has 0 atom stereocenters. The second-order valence-corrected chi connectivity index (χ2v) is 11.6. The molecule has 7 rings (SSSR count). The van der Waals surface area contributed by atoms with Gasteiger partial charge in [0.15, 0.2) is 0 Å². The molecular formula is C43H37N. The molecule has 0 aliphatic heterocycles. The molecule has 6 aromatic rings. The van der Waals surface area contributed by atoms with Gasteiger partial charge in [-0.25, -0.2) is 0 Å². The van der Waals surface area contributed by atoms with Gasteiger partial charge in [0.25, 0.3) is 0 Å². The first-order valence-corrected chi connectivity index (χ1v) is 15.7. The van der Waals surface area contributed by atoms with E-state index in [1.807, 2.05) is 36.4 Å². The largest absolute Gasteiger partial charge is 0.398 e. The molecule has 2 N–H and O–H groups in total. The van der Waals surface area contributed by atoms with Crippen LogP contribution in [-0.4, -0.2) is 0 Å².